The van der Waals surface area contributed by atoms with E-state index in [0.29, 0.717) is 0 Å². The van der Waals surface area contributed by atoms with E-state index in [1.807, 2.05) is 0 Å². The van der Waals surface area contributed by atoms with Gasteiger partial charge in [0.2, 0.25) is 0 Å². The Morgan fingerprint density at radius 3 is 1.58 bits per heavy atom. The number of benzene rings is 10. The van der Waals surface area contributed by atoms with E-state index in [2.05, 4.69) is 196 Å². The van der Waals surface area contributed by atoms with Crippen molar-refractivity contribution < 1.29 is 0 Å². The Labute approximate surface area is 321 Å². The molecule has 0 amide bonds. The summed E-state index contributed by atoms with van der Waals surface area (Å²) in [5.41, 5.74) is 18.3. The van der Waals surface area contributed by atoms with Gasteiger partial charge in [0.1, 0.15) is 0 Å². The van der Waals surface area contributed by atoms with E-state index in [4.69, 9.17) is 0 Å². The summed E-state index contributed by atoms with van der Waals surface area (Å²) in [5, 5.41) is 10.4. The molecular formula is C55H36. The van der Waals surface area contributed by atoms with Gasteiger partial charge in [-0.25, -0.2) is 0 Å². The molecule has 0 heterocycles. The predicted octanol–water partition coefficient (Wildman–Crippen LogP) is 15.3. The van der Waals surface area contributed by atoms with Crippen LogP contribution in [0.4, 0.5) is 0 Å². The molecule has 0 N–H and O–H groups in total. The zero-order valence-electron chi connectivity index (χ0n) is 30.8. The maximum absolute atomic E-state index is 2.46. The van der Waals surface area contributed by atoms with Gasteiger partial charge < -0.3 is 0 Å². The Balaban J connectivity index is 0.932. The van der Waals surface area contributed by atoms with Crippen molar-refractivity contribution in [2.45, 2.75) is 19.3 Å². The summed E-state index contributed by atoms with van der Waals surface area (Å²) in [4.78, 5) is 0. The fourth-order valence-corrected chi connectivity index (χ4v) is 10.0. The Morgan fingerprint density at radius 1 is 0.273 bits per heavy atom. The smallest absolute Gasteiger partial charge is 0.0159 e. The fraction of sp³-hybridized carbons (Fsp3) is 0.0545. The number of hydrogen-bond acceptors (Lipinski definition) is 0. The maximum atomic E-state index is 2.46. The average molecular weight is 697 g/mol. The molecule has 0 saturated heterocycles. The molecule has 0 radical (unpaired) electrons. The molecule has 256 valence electrons. The van der Waals surface area contributed by atoms with Gasteiger partial charge in [0.05, 0.1) is 0 Å². The molecule has 0 spiro atoms. The molecule has 2 aliphatic carbocycles. The van der Waals surface area contributed by atoms with Gasteiger partial charge in [-0.05, 0) is 151 Å². The van der Waals surface area contributed by atoms with Crippen LogP contribution < -0.4 is 0 Å². The molecule has 2 aliphatic rings. The van der Waals surface area contributed by atoms with Crippen LogP contribution in [0.15, 0.2) is 182 Å². The molecule has 10 aromatic carbocycles. The highest BCUT2D eigenvalue weighted by atomic mass is 14.4. The van der Waals surface area contributed by atoms with Crippen molar-refractivity contribution >= 4 is 43.1 Å². The number of hydrogen-bond donors (Lipinski definition) is 0. The molecule has 0 aliphatic heterocycles. The van der Waals surface area contributed by atoms with E-state index in [1.165, 1.54) is 121 Å². The van der Waals surface area contributed by atoms with Crippen molar-refractivity contribution in [3.05, 3.63) is 193 Å². The zero-order valence-corrected chi connectivity index (χ0v) is 30.8. The molecule has 0 nitrogen and oxygen atoms in total. The molecule has 0 atom stereocenters. The molecule has 0 saturated carbocycles. The van der Waals surface area contributed by atoms with Crippen LogP contribution in [0.2, 0.25) is 0 Å². The largest absolute Gasteiger partial charge is 0.0616 e. The zero-order chi connectivity index (χ0) is 36.4. The van der Waals surface area contributed by atoms with Gasteiger partial charge in [-0.15, -0.1) is 0 Å². The average Bonchev–Trinajstić information content (AvgIpc) is 3.68. The van der Waals surface area contributed by atoms with Crippen LogP contribution in [-0.4, -0.2) is 0 Å². The summed E-state index contributed by atoms with van der Waals surface area (Å²) in [6.07, 6.45) is 0. The molecule has 0 aromatic heterocycles. The lowest BCUT2D eigenvalue weighted by Gasteiger charge is -2.23. The van der Waals surface area contributed by atoms with Crippen LogP contribution >= 0.6 is 0 Å². The van der Waals surface area contributed by atoms with Gasteiger partial charge >= 0.3 is 0 Å². The number of fused-ring (bicyclic) bond motifs is 10. The summed E-state index contributed by atoms with van der Waals surface area (Å²) in [7, 11) is 0. The second-order valence-corrected chi connectivity index (χ2v) is 16.0. The molecule has 10 aromatic rings. The summed E-state index contributed by atoms with van der Waals surface area (Å²) in [5.74, 6) is 0. The second kappa shape index (κ2) is 11.1. The van der Waals surface area contributed by atoms with E-state index in [1.54, 1.807) is 0 Å². The fourth-order valence-electron chi connectivity index (χ4n) is 10.0. The van der Waals surface area contributed by atoms with Gasteiger partial charge in [0.15, 0.2) is 0 Å². The normalized spacial score (nSPS) is 13.4. The quantitative estimate of drug-likeness (QED) is 0.161. The summed E-state index contributed by atoms with van der Waals surface area (Å²) < 4.78 is 0. The first-order chi connectivity index (χ1) is 27.0. The minimum atomic E-state index is -0.136. The molecule has 0 fully saturated rings. The molecule has 0 unspecified atom stereocenters. The van der Waals surface area contributed by atoms with Crippen LogP contribution in [0, 0.1) is 0 Å². The van der Waals surface area contributed by atoms with Crippen LogP contribution in [0.25, 0.3) is 110 Å². The van der Waals surface area contributed by atoms with Gasteiger partial charge in [-0.1, -0.05) is 166 Å². The van der Waals surface area contributed by atoms with Gasteiger partial charge in [-0.3, -0.25) is 0 Å². The van der Waals surface area contributed by atoms with Crippen molar-refractivity contribution in [3.8, 4) is 66.8 Å². The predicted molar refractivity (Wildman–Crippen MR) is 235 cm³/mol. The first-order valence-electron chi connectivity index (χ1n) is 19.4. The minimum absolute atomic E-state index is 0.136. The van der Waals surface area contributed by atoms with Crippen molar-refractivity contribution in [1.82, 2.24) is 0 Å². The highest BCUT2D eigenvalue weighted by Crippen LogP contribution is 2.52. The highest BCUT2D eigenvalue weighted by Gasteiger charge is 2.36. The Hall–Kier alpha value is -6.76. The van der Waals surface area contributed by atoms with Gasteiger partial charge in [-0.2, -0.15) is 0 Å². The van der Waals surface area contributed by atoms with Crippen molar-refractivity contribution in [2.24, 2.45) is 0 Å². The third-order valence-electron chi connectivity index (χ3n) is 12.8. The van der Waals surface area contributed by atoms with Crippen molar-refractivity contribution in [3.63, 3.8) is 0 Å². The van der Waals surface area contributed by atoms with E-state index >= 15 is 0 Å². The third-order valence-corrected chi connectivity index (χ3v) is 12.8. The Bertz CT molecular complexity index is 3250. The molecule has 0 bridgehead atoms. The first-order valence-corrected chi connectivity index (χ1v) is 19.4. The van der Waals surface area contributed by atoms with Crippen molar-refractivity contribution in [2.75, 3.05) is 0 Å². The lowest BCUT2D eigenvalue weighted by atomic mass is 9.80. The Morgan fingerprint density at radius 2 is 0.782 bits per heavy atom. The first kappa shape index (κ1) is 30.7. The summed E-state index contributed by atoms with van der Waals surface area (Å²) in [6, 6.07) is 68.4. The SMILES string of the molecule is CC1(C)c2cc(-c3ccc4ccc(-c5ccc6c7c(cccc57)-c5ccccc5-6)cc4c3)ccc2-c2ccc(-c3cc4ccccc4c4ccccc34)cc21. The van der Waals surface area contributed by atoms with Crippen LogP contribution in [0.5, 0.6) is 0 Å². The monoisotopic (exact) mass is 696 g/mol. The molecule has 12 rings (SSSR count). The lowest BCUT2D eigenvalue weighted by Crippen LogP contribution is -2.15. The minimum Gasteiger partial charge on any atom is -0.0616 e. The second-order valence-electron chi connectivity index (χ2n) is 16.0. The maximum Gasteiger partial charge on any atom is 0.0159 e. The highest BCUT2D eigenvalue weighted by molar-refractivity contribution is 6.19. The third kappa shape index (κ3) is 4.34. The van der Waals surface area contributed by atoms with E-state index in [0.717, 1.165) is 0 Å². The van der Waals surface area contributed by atoms with Crippen LogP contribution in [0.1, 0.15) is 25.0 Å². The van der Waals surface area contributed by atoms with Crippen LogP contribution in [-0.2, 0) is 5.41 Å². The van der Waals surface area contributed by atoms with Gasteiger partial charge in [0, 0.05) is 5.41 Å². The molecule has 55 heavy (non-hydrogen) atoms. The standard InChI is InChI=1S/C55H36/c1-55(2)52-31-35(22-24-46(52)47-25-23-38(32-53(47)55)51-30-36-10-3-4-11-40(36)42-12-5-8-15-45(42)51)34-20-18-33-19-21-37(29-39(33)28-34)41-26-27-50-44-14-7-6-13-43(44)49-17-9-16-48(41)54(49)50/h3-32H,1-2H3. The van der Waals surface area contributed by atoms with E-state index in [-0.39, 0.29) is 5.41 Å². The Kier molecular flexibility index (Phi) is 6.21. The van der Waals surface area contributed by atoms with E-state index < -0.39 is 0 Å². The summed E-state index contributed by atoms with van der Waals surface area (Å²) in [6.45, 7) is 4.79. The molecular weight excluding hydrogens is 661 g/mol. The van der Waals surface area contributed by atoms with E-state index in [9.17, 15) is 0 Å². The number of rotatable bonds is 3. The van der Waals surface area contributed by atoms with Crippen LogP contribution in [0.3, 0.4) is 0 Å². The lowest BCUT2D eigenvalue weighted by molar-refractivity contribution is 0.661. The topological polar surface area (TPSA) is 0 Å². The molecule has 0 heteroatoms. The summed E-state index contributed by atoms with van der Waals surface area (Å²) >= 11 is 0. The van der Waals surface area contributed by atoms with Crippen molar-refractivity contribution in [1.29, 1.82) is 0 Å². The van der Waals surface area contributed by atoms with Gasteiger partial charge in [0.25, 0.3) is 0 Å².